The number of nitrogens with one attached hydrogen (secondary N) is 3. The van der Waals surface area contributed by atoms with Gasteiger partial charge in [-0.15, -0.1) is 0 Å². The monoisotopic (exact) mass is 566 g/mol. The summed E-state index contributed by atoms with van der Waals surface area (Å²) < 4.78 is 4.96. The normalized spacial score (nSPS) is 12.3. The molecule has 1 heterocycles. The third-order valence-corrected chi connectivity index (χ3v) is 5.88. The van der Waals surface area contributed by atoms with E-state index < -0.39 is 0 Å². The maximum absolute atomic E-state index is 11.1. The quantitative estimate of drug-likeness (QED) is 0.138. The molecule has 0 unspecified atom stereocenters. The van der Waals surface area contributed by atoms with Crippen LogP contribution < -0.4 is 16.0 Å². The van der Waals surface area contributed by atoms with Crippen LogP contribution in [0.4, 0.5) is 0 Å². The molecule has 0 saturated carbocycles. The number of ether oxygens (including phenoxy) is 1. The van der Waals surface area contributed by atoms with Gasteiger partial charge < -0.3 is 30.5 Å². The number of hydrogen-bond donors (Lipinski definition) is 3. The summed E-state index contributed by atoms with van der Waals surface area (Å²) in [5, 5.41) is 8.14. The lowest BCUT2D eigenvalue weighted by Crippen LogP contribution is -2.34. The van der Waals surface area contributed by atoms with Crippen LogP contribution in [0.2, 0.25) is 0 Å². The lowest BCUT2D eigenvalue weighted by atomic mass is 10.3. The third-order valence-electron chi connectivity index (χ3n) is 5.88. The average molecular weight is 567 g/mol. The van der Waals surface area contributed by atoms with E-state index in [1.165, 1.54) is 6.08 Å². The molecule has 3 amide bonds. The number of carbonyl (C=O) groups is 4. The van der Waals surface area contributed by atoms with Gasteiger partial charge in [0.05, 0.1) is 13.2 Å². The van der Waals surface area contributed by atoms with Gasteiger partial charge >= 0.3 is 5.97 Å². The molecule has 1 aliphatic rings. The fourth-order valence-corrected chi connectivity index (χ4v) is 3.21. The van der Waals surface area contributed by atoms with Gasteiger partial charge in [0.25, 0.3) is 0 Å². The molecule has 40 heavy (non-hydrogen) atoms. The summed E-state index contributed by atoms with van der Waals surface area (Å²) in [6.45, 7) is 31.6. The van der Waals surface area contributed by atoms with Crippen LogP contribution in [0.15, 0.2) is 37.0 Å². The van der Waals surface area contributed by atoms with Gasteiger partial charge in [0.2, 0.25) is 17.7 Å². The Morgan fingerprint density at radius 3 is 1.98 bits per heavy atom. The summed E-state index contributed by atoms with van der Waals surface area (Å²) in [7, 11) is 0. The topological polar surface area (TPSA) is 123 Å². The number of amides is 3. The number of likely N-dealkylation sites (N-methyl/N-ethyl adjacent to an activating group) is 1. The van der Waals surface area contributed by atoms with Gasteiger partial charge in [-0.1, -0.05) is 47.4 Å². The van der Waals surface area contributed by atoms with Crippen molar-refractivity contribution in [3.63, 3.8) is 0 Å². The van der Waals surface area contributed by atoms with E-state index in [2.05, 4.69) is 73.2 Å². The summed E-state index contributed by atoms with van der Waals surface area (Å²) in [6.07, 6.45) is 2.30. The highest BCUT2D eigenvalue weighted by molar-refractivity contribution is 5.92. The molecule has 1 aliphatic heterocycles. The van der Waals surface area contributed by atoms with Crippen LogP contribution in [0.1, 0.15) is 48.0 Å². The van der Waals surface area contributed by atoms with E-state index in [-0.39, 0.29) is 23.7 Å². The standard InChI is InChI=1S/C10H20N2O.C10H19NO2.C9H15N3O2/c1-4-10(13)11-8-7-9-12(5-2)6-3;1-5-11(6-2)7-8-13-10(12)9(3)4;1-7(2)9(14)10-3-4-12-5-8(13)11-6-12/h4H,1,5-9H2,2-3H3,(H,11,13);3,5-8H2,1-2,4H3;1,3-6H2,2H3,(H,10,14)(H,11,13). The third kappa shape index (κ3) is 21.9. The van der Waals surface area contributed by atoms with Crippen molar-refractivity contribution in [1.82, 2.24) is 30.7 Å². The average Bonchev–Trinajstić information content (AvgIpc) is 3.36. The van der Waals surface area contributed by atoms with Crippen molar-refractivity contribution < 1.29 is 23.9 Å². The van der Waals surface area contributed by atoms with Crippen molar-refractivity contribution in [2.75, 3.05) is 78.7 Å². The van der Waals surface area contributed by atoms with Crippen LogP contribution >= 0.6 is 0 Å². The van der Waals surface area contributed by atoms with Gasteiger partial charge in [0, 0.05) is 37.3 Å². The Kier molecular flexibility index (Phi) is 24.4. The summed E-state index contributed by atoms with van der Waals surface area (Å²) >= 11 is 0. The van der Waals surface area contributed by atoms with Gasteiger partial charge in [-0.3, -0.25) is 19.3 Å². The van der Waals surface area contributed by atoms with Crippen LogP contribution in [0.5, 0.6) is 0 Å². The summed E-state index contributed by atoms with van der Waals surface area (Å²) in [4.78, 5) is 50.1. The maximum Gasteiger partial charge on any atom is 0.333 e. The molecule has 0 bridgehead atoms. The highest BCUT2D eigenvalue weighted by Gasteiger charge is 2.17. The minimum Gasteiger partial charge on any atom is -0.461 e. The van der Waals surface area contributed by atoms with Gasteiger partial charge in [-0.2, -0.15) is 0 Å². The summed E-state index contributed by atoms with van der Waals surface area (Å²) in [6, 6.07) is 0. The van der Waals surface area contributed by atoms with E-state index in [0.29, 0.717) is 44.1 Å². The zero-order chi connectivity index (χ0) is 30.9. The van der Waals surface area contributed by atoms with Crippen LogP contribution in [-0.4, -0.2) is 117 Å². The molecule has 0 aromatic carbocycles. The van der Waals surface area contributed by atoms with E-state index in [0.717, 1.165) is 52.2 Å². The zero-order valence-corrected chi connectivity index (χ0v) is 25.8. The molecule has 0 aliphatic carbocycles. The van der Waals surface area contributed by atoms with E-state index in [1.807, 2.05) is 4.90 Å². The number of hydrogen-bond acceptors (Lipinski definition) is 8. The van der Waals surface area contributed by atoms with Crippen LogP contribution in [0, 0.1) is 0 Å². The Hall–Kier alpha value is -3.02. The molecule has 0 aromatic rings. The van der Waals surface area contributed by atoms with Gasteiger partial charge in [-0.25, -0.2) is 4.79 Å². The number of nitrogens with zero attached hydrogens (tertiary/aromatic N) is 3. The second-order valence-corrected chi connectivity index (χ2v) is 9.17. The first-order chi connectivity index (χ1) is 18.9. The molecule has 1 rings (SSSR count). The molecule has 11 nitrogen and oxygen atoms in total. The van der Waals surface area contributed by atoms with E-state index in [1.54, 1.807) is 13.8 Å². The fraction of sp³-hybridized carbons (Fsp3) is 0.655. The van der Waals surface area contributed by atoms with Crippen molar-refractivity contribution in [2.45, 2.75) is 48.0 Å². The minimum atomic E-state index is -0.299. The Morgan fingerprint density at radius 2 is 1.52 bits per heavy atom. The highest BCUT2D eigenvalue weighted by Crippen LogP contribution is 1.94. The van der Waals surface area contributed by atoms with Crippen LogP contribution in [0.25, 0.3) is 0 Å². The Morgan fingerprint density at radius 1 is 0.950 bits per heavy atom. The second kappa shape index (κ2) is 25.0. The first kappa shape index (κ1) is 39.1. The predicted octanol–water partition coefficient (Wildman–Crippen LogP) is 1.54. The number of carbonyl (C=O) groups excluding carboxylic acids is 4. The molecule has 3 N–H and O–H groups in total. The molecule has 1 saturated heterocycles. The van der Waals surface area contributed by atoms with Gasteiger partial charge in [0.15, 0.2) is 0 Å². The van der Waals surface area contributed by atoms with Crippen molar-refractivity contribution in [1.29, 1.82) is 0 Å². The zero-order valence-electron chi connectivity index (χ0n) is 25.8. The SMILES string of the molecule is C=C(C)C(=O)NCCN1CNC(=O)C1.C=C(C)C(=O)OCCN(CC)CC.C=CC(=O)NCCCN(CC)CC. The molecule has 11 heteroatoms. The van der Waals surface area contributed by atoms with Gasteiger partial charge in [0.1, 0.15) is 6.61 Å². The summed E-state index contributed by atoms with van der Waals surface area (Å²) in [5.41, 5.74) is 0.958. The van der Waals surface area contributed by atoms with Crippen molar-refractivity contribution in [2.24, 2.45) is 0 Å². The van der Waals surface area contributed by atoms with Crippen LogP contribution in [-0.2, 0) is 23.9 Å². The van der Waals surface area contributed by atoms with Crippen molar-refractivity contribution >= 4 is 23.7 Å². The predicted molar refractivity (Wildman–Crippen MR) is 162 cm³/mol. The Bertz CT molecular complexity index is 792. The molecule has 230 valence electrons. The van der Waals surface area contributed by atoms with Crippen molar-refractivity contribution in [3.8, 4) is 0 Å². The lowest BCUT2D eigenvalue weighted by molar-refractivity contribution is -0.139. The molecule has 0 radical (unpaired) electrons. The largest absolute Gasteiger partial charge is 0.461 e. The highest BCUT2D eigenvalue weighted by atomic mass is 16.5. The van der Waals surface area contributed by atoms with E-state index >= 15 is 0 Å². The second-order valence-electron chi connectivity index (χ2n) is 9.17. The summed E-state index contributed by atoms with van der Waals surface area (Å²) in [5.74, 6) is -0.480. The minimum absolute atomic E-state index is 0.0382. The molecule has 0 spiro atoms. The Balaban J connectivity index is 0. The van der Waals surface area contributed by atoms with Crippen molar-refractivity contribution in [3.05, 3.63) is 37.0 Å². The Labute approximate surface area is 242 Å². The molecular formula is C29H54N6O5. The van der Waals surface area contributed by atoms with E-state index in [4.69, 9.17) is 4.74 Å². The first-order valence-corrected chi connectivity index (χ1v) is 14.1. The fourth-order valence-electron chi connectivity index (χ4n) is 3.21. The first-order valence-electron chi connectivity index (χ1n) is 14.1. The smallest absolute Gasteiger partial charge is 0.333 e. The van der Waals surface area contributed by atoms with E-state index in [9.17, 15) is 19.2 Å². The molecule has 0 atom stereocenters. The lowest BCUT2D eigenvalue weighted by Gasteiger charge is -2.17. The van der Waals surface area contributed by atoms with Crippen LogP contribution in [0.3, 0.4) is 0 Å². The van der Waals surface area contributed by atoms with Gasteiger partial charge in [-0.05, 0) is 59.1 Å². The number of rotatable bonds is 17. The molecule has 1 fully saturated rings. The number of esters is 1. The molecule has 0 aromatic heterocycles. The maximum atomic E-state index is 11.1. The molecular weight excluding hydrogens is 512 g/mol.